The lowest BCUT2D eigenvalue weighted by molar-refractivity contribution is 0.117. The maximum absolute atomic E-state index is 8.95. The van der Waals surface area contributed by atoms with Crippen molar-refractivity contribution in [3.8, 4) is 6.07 Å². The second-order valence-corrected chi connectivity index (χ2v) is 4.14. The molecular formula is C10H18N2. The number of rotatable bonds is 3. The van der Waals surface area contributed by atoms with Gasteiger partial charge in [-0.05, 0) is 31.2 Å². The lowest BCUT2D eigenvalue weighted by Gasteiger charge is -2.45. The highest BCUT2D eigenvalue weighted by Gasteiger charge is 2.44. The van der Waals surface area contributed by atoms with Crippen LogP contribution in [-0.2, 0) is 0 Å². The Hall–Kier alpha value is -0.550. The minimum atomic E-state index is -0.177. The van der Waals surface area contributed by atoms with E-state index in [1.807, 2.05) is 0 Å². The molecule has 0 saturated heterocycles. The van der Waals surface area contributed by atoms with Crippen molar-refractivity contribution in [1.82, 2.24) is 5.32 Å². The third kappa shape index (κ3) is 1.61. The predicted molar refractivity (Wildman–Crippen MR) is 49.6 cm³/mol. The summed E-state index contributed by atoms with van der Waals surface area (Å²) in [6.45, 7) is 7.43. The molecule has 0 radical (unpaired) electrons. The zero-order chi connectivity index (χ0) is 9.19. The molecule has 0 heterocycles. The quantitative estimate of drug-likeness (QED) is 0.695. The number of hydrogen-bond donors (Lipinski definition) is 1. The van der Waals surface area contributed by atoms with Gasteiger partial charge in [-0.25, -0.2) is 0 Å². The minimum Gasteiger partial charge on any atom is -0.300 e. The van der Waals surface area contributed by atoms with E-state index < -0.39 is 0 Å². The molecule has 0 unspecified atom stereocenters. The molecule has 0 aromatic heterocycles. The summed E-state index contributed by atoms with van der Waals surface area (Å²) in [5.74, 6) is 1.48. The first kappa shape index (κ1) is 9.54. The molecule has 0 aromatic rings. The second-order valence-electron chi connectivity index (χ2n) is 4.14. The summed E-state index contributed by atoms with van der Waals surface area (Å²) in [5.41, 5.74) is -0.177. The molecule has 1 rings (SSSR count). The Bertz CT molecular complexity index is 185. The standard InChI is InChI=1S/C10H18N2/c1-4-12-10(7-11)5-9(6-10)8(2)3/h8-9,12H,4-6H2,1-3H3. The van der Waals surface area contributed by atoms with Crippen LogP contribution in [0, 0.1) is 23.2 Å². The van der Waals surface area contributed by atoms with Crippen molar-refractivity contribution in [3.05, 3.63) is 0 Å². The highest BCUT2D eigenvalue weighted by atomic mass is 15.0. The van der Waals surface area contributed by atoms with Crippen LogP contribution in [0.25, 0.3) is 0 Å². The summed E-state index contributed by atoms with van der Waals surface area (Å²) in [5, 5.41) is 12.2. The molecule has 12 heavy (non-hydrogen) atoms. The average molecular weight is 166 g/mol. The van der Waals surface area contributed by atoms with Gasteiger partial charge in [0.15, 0.2) is 0 Å². The van der Waals surface area contributed by atoms with Crippen LogP contribution < -0.4 is 5.32 Å². The van der Waals surface area contributed by atoms with Gasteiger partial charge >= 0.3 is 0 Å². The van der Waals surface area contributed by atoms with Crippen LogP contribution in [0.4, 0.5) is 0 Å². The first-order valence-electron chi connectivity index (χ1n) is 4.80. The van der Waals surface area contributed by atoms with Crippen molar-refractivity contribution in [2.75, 3.05) is 6.54 Å². The van der Waals surface area contributed by atoms with Crippen molar-refractivity contribution >= 4 is 0 Å². The van der Waals surface area contributed by atoms with E-state index in [2.05, 4.69) is 32.2 Å². The zero-order valence-corrected chi connectivity index (χ0v) is 8.22. The molecule has 1 N–H and O–H groups in total. The van der Waals surface area contributed by atoms with E-state index in [-0.39, 0.29) is 5.54 Å². The van der Waals surface area contributed by atoms with Crippen molar-refractivity contribution in [1.29, 1.82) is 5.26 Å². The zero-order valence-electron chi connectivity index (χ0n) is 8.22. The summed E-state index contributed by atoms with van der Waals surface area (Å²) in [6, 6.07) is 2.39. The summed E-state index contributed by atoms with van der Waals surface area (Å²) >= 11 is 0. The van der Waals surface area contributed by atoms with E-state index in [1.54, 1.807) is 0 Å². The topological polar surface area (TPSA) is 35.8 Å². The van der Waals surface area contributed by atoms with Gasteiger partial charge in [0, 0.05) is 0 Å². The molecule has 1 aliphatic rings. The molecule has 2 heteroatoms. The summed E-state index contributed by atoms with van der Waals surface area (Å²) in [6.07, 6.45) is 2.07. The van der Waals surface area contributed by atoms with Gasteiger partial charge in [-0.1, -0.05) is 20.8 Å². The Balaban J connectivity index is 2.42. The van der Waals surface area contributed by atoms with E-state index in [9.17, 15) is 0 Å². The highest BCUT2D eigenvalue weighted by Crippen LogP contribution is 2.41. The molecule has 0 spiro atoms. The van der Waals surface area contributed by atoms with E-state index in [0.717, 1.165) is 31.2 Å². The van der Waals surface area contributed by atoms with Crippen molar-refractivity contribution < 1.29 is 0 Å². The predicted octanol–water partition coefficient (Wildman–Crippen LogP) is 1.92. The molecule has 1 fully saturated rings. The van der Waals surface area contributed by atoms with Crippen molar-refractivity contribution in [3.63, 3.8) is 0 Å². The molecule has 0 amide bonds. The first-order chi connectivity index (χ1) is 5.63. The lowest BCUT2D eigenvalue weighted by atomic mass is 9.65. The Morgan fingerprint density at radius 1 is 1.58 bits per heavy atom. The largest absolute Gasteiger partial charge is 0.300 e. The third-order valence-electron chi connectivity index (χ3n) is 2.89. The fraction of sp³-hybridized carbons (Fsp3) is 0.900. The van der Waals surface area contributed by atoms with Crippen LogP contribution in [0.5, 0.6) is 0 Å². The van der Waals surface area contributed by atoms with Gasteiger partial charge in [0.1, 0.15) is 5.54 Å². The maximum atomic E-state index is 8.95. The molecule has 1 saturated carbocycles. The molecule has 68 valence electrons. The first-order valence-corrected chi connectivity index (χ1v) is 4.80. The van der Waals surface area contributed by atoms with Crippen LogP contribution in [0.1, 0.15) is 33.6 Å². The van der Waals surface area contributed by atoms with Crippen LogP contribution >= 0.6 is 0 Å². The monoisotopic (exact) mass is 166 g/mol. The average Bonchev–Trinajstić information content (AvgIpc) is 1.95. The van der Waals surface area contributed by atoms with E-state index in [1.165, 1.54) is 0 Å². The molecule has 0 atom stereocenters. The van der Waals surface area contributed by atoms with Gasteiger partial charge in [0.25, 0.3) is 0 Å². The number of hydrogen-bond acceptors (Lipinski definition) is 2. The molecule has 0 aromatic carbocycles. The highest BCUT2D eigenvalue weighted by molar-refractivity contribution is 5.15. The van der Waals surface area contributed by atoms with Gasteiger partial charge in [-0.15, -0.1) is 0 Å². The van der Waals surface area contributed by atoms with Crippen molar-refractivity contribution in [2.45, 2.75) is 39.2 Å². The Morgan fingerprint density at radius 3 is 2.50 bits per heavy atom. The van der Waals surface area contributed by atoms with Crippen LogP contribution in [0.3, 0.4) is 0 Å². The molecule has 0 aliphatic heterocycles. The van der Waals surface area contributed by atoms with Gasteiger partial charge in [0.2, 0.25) is 0 Å². The Labute approximate surface area is 75.0 Å². The number of nitrogens with zero attached hydrogens (tertiary/aromatic N) is 1. The fourth-order valence-electron chi connectivity index (χ4n) is 1.92. The molecule has 1 aliphatic carbocycles. The molecule has 2 nitrogen and oxygen atoms in total. The number of nitrogens with one attached hydrogen (secondary N) is 1. The Morgan fingerprint density at radius 2 is 2.17 bits per heavy atom. The van der Waals surface area contributed by atoms with Gasteiger partial charge in [0.05, 0.1) is 6.07 Å². The van der Waals surface area contributed by atoms with Gasteiger partial charge in [-0.2, -0.15) is 5.26 Å². The minimum absolute atomic E-state index is 0.177. The fourth-order valence-corrected chi connectivity index (χ4v) is 1.92. The smallest absolute Gasteiger partial charge is 0.107 e. The molecule has 0 bridgehead atoms. The van der Waals surface area contributed by atoms with Gasteiger partial charge in [-0.3, -0.25) is 5.32 Å². The molecular weight excluding hydrogens is 148 g/mol. The normalized spacial score (nSPS) is 34.4. The SMILES string of the molecule is CCNC1(C#N)CC(C(C)C)C1. The summed E-state index contributed by atoms with van der Waals surface area (Å²) < 4.78 is 0. The van der Waals surface area contributed by atoms with Crippen LogP contribution in [0.2, 0.25) is 0 Å². The lowest BCUT2D eigenvalue weighted by Crippen LogP contribution is -2.55. The van der Waals surface area contributed by atoms with E-state index in [4.69, 9.17) is 5.26 Å². The van der Waals surface area contributed by atoms with Gasteiger partial charge < -0.3 is 0 Å². The van der Waals surface area contributed by atoms with E-state index >= 15 is 0 Å². The summed E-state index contributed by atoms with van der Waals surface area (Å²) in [7, 11) is 0. The summed E-state index contributed by atoms with van der Waals surface area (Å²) in [4.78, 5) is 0. The van der Waals surface area contributed by atoms with Crippen LogP contribution in [0.15, 0.2) is 0 Å². The van der Waals surface area contributed by atoms with Crippen molar-refractivity contribution in [2.24, 2.45) is 11.8 Å². The van der Waals surface area contributed by atoms with E-state index in [0.29, 0.717) is 0 Å². The van der Waals surface area contributed by atoms with Crippen LogP contribution in [-0.4, -0.2) is 12.1 Å². The maximum Gasteiger partial charge on any atom is 0.107 e. The third-order valence-corrected chi connectivity index (χ3v) is 2.89. The Kier molecular flexibility index (Phi) is 2.74. The number of nitriles is 1. The second kappa shape index (κ2) is 3.45.